The van der Waals surface area contributed by atoms with E-state index in [2.05, 4.69) is 4.74 Å². The number of carboxylic acids is 1. The molecule has 0 fully saturated rings. The predicted molar refractivity (Wildman–Crippen MR) is 125 cm³/mol. The second kappa shape index (κ2) is 12.2. The van der Waals surface area contributed by atoms with Crippen molar-refractivity contribution in [2.45, 2.75) is 37.4 Å². The Morgan fingerprint density at radius 2 is 1.31 bits per heavy atom. The Labute approximate surface area is 207 Å². The molecule has 0 aliphatic carbocycles. The van der Waals surface area contributed by atoms with Crippen molar-refractivity contribution in [3.63, 3.8) is 0 Å². The lowest BCUT2D eigenvalue weighted by atomic mass is 9.73. The lowest BCUT2D eigenvalue weighted by Gasteiger charge is -2.36. The van der Waals surface area contributed by atoms with Gasteiger partial charge in [0.05, 0.1) is 13.0 Å². The summed E-state index contributed by atoms with van der Waals surface area (Å²) < 4.78 is 9.72. The number of carboxylic acid groups (broad SMARTS) is 1. The maximum absolute atomic E-state index is 13.4. The number of aliphatic hydroxyl groups is 2. The van der Waals surface area contributed by atoms with Crippen LogP contribution in [0.5, 0.6) is 0 Å². The fourth-order valence-corrected chi connectivity index (χ4v) is 3.58. The van der Waals surface area contributed by atoms with Gasteiger partial charge < -0.3 is 24.8 Å². The summed E-state index contributed by atoms with van der Waals surface area (Å²) in [4.78, 5) is 64.2. The van der Waals surface area contributed by atoms with Crippen LogP contribution in [0.15, 0.2) is 60.7 Å². The van der Waals surface area contributed by atoms with Crippen LogP contribution in [-0.2, 0) is 23.9 Å². The molecule has 3 N–H and O–H groups in total. The molecule has 2 rings (SSSR count). The van der Waals surface area contributed by atoms with E-state index in [-0.39, 0.29) is 17.5 Å². The number of carbonyl (C=O) groups excluding carboxylic acids is 4. The highest BCUT2D eigenvalue weighted by atomic mass is 16.6. The molecular formula is C26H28O10. The van der Waals surface area contributed by atoms with E-state index in [0.717, 1.165) is 31.4 Å². The lowest BCUT2D eigenvalue weighted by Crippen LogP contribution is -2.72. The minimum Gasteiger partial charge on any atom is -0.479 e. The molecule has 0 radical (unpaired) electrons. The van der Waals surface area contributed by atoms with Gasteiger partial charge in [-0.15, -0.1) is 0 Å². The van der Waals surface area contributed by atoms with Gasteiger partial charge in [0.1, 0.15) is 6.61 Å². The van der Waals surface area contributed by atoms with Crippen molar-refractivity contribution in [2.24, 2.45) is 5.92 Å². The smallest absolute Gasteiger partial charge is 0.350 e. The SMILES string of the molecule is CCCCC(COC(=O)C(O)(C(=O)c1ccccc1)C(O)(C(=O)O)C(=O)c1ccccc1)C(=O)OC. The van der Waals surface area contributed by atoms with Crippen LogP contribution >= 0.6 is 0 Å². The molecule has 0 saturated heterocycles. The number of rotatable bonds is 13. The number of esters is 2. The maximum atomic E-state index is 13.4. The fourth-order valence-electron chi connectivity index (χ4n) is 3.58. The van der Waals surface area contributed by atoms with Crippen molar-refractivity contribution in [3.8, 4) is 0 Å². The van der Waals surface area contributed by atoms with Gasteiger partial charge in [-0.05, 0) is 6.42 Å². The van der Waals surface area contributed by atoms with Crippen LogP contribution in [-0.4, -0.2) is 69.7 Å². The third kappa shape index (κ3) is 5.50. The molecule has 3 atom stereocenters. The molecule has 2 aromatic carbocycles. The van der Waals surface area contributed by atoms with Crippen LogP contribution in [0.4, 0.5) is 0 Å². The van der Waals surface area contributed by atoms with E-state index >= 15 is 0 Å². The van der Waals surface area contributed by atoms with Crippen LogP contribution < -0.4 is 0 Å². The summed E-state index contributed by atoms with van der Waals surface area (Å²) in [7, 11) is 1.13. The van der Waals surface area contributed by atoms with Gasteiger partial charge in [-0.25, -0.2) is 9.59 Å². The Morgan fingerprint density at radius 3 is 1.72 bits per heavy atom. The van der Waals surface area contributed by atoms with Crippen molar-refractivity contribution in [2.75, 3.05) is 13.7 Å². The maximum Gasteiger partial charge on any atom is 0.350 e. The molecule has 3 unspecified atom stereocenters. The van der Waals surface area contributed by atoms with Crippen LogP contribution in [0.1, 0.15) is 46.9 Å². The van der Waals surface area contributed by atoms with Crippen molar-refractivity contribution >= 4 is 29.5 Å². The molecule has 0 aliphatic heterocycles. The zero-order valence-electron chi connectivity index (χ0n) is 19.9. The number of ether oxygens (including phenoxy) is 2. The Bertz CT molecular complexity index is 1100. The summed E-state index contributed by atoms with van der Waals surface area (Å²) in [6, 6.07) is 13.1. The third-order valence-corrected chi connectivity index (χ3v) is 5.71. The van der Waals surface area contributed by atoms with E-state index < -0.39 is 53.2 Å². The summed E-state index contributed by atoms with van der Waals surface area (Å²) in [5, 5.41) is 32.5. The van der Waals surface area contributed by atoms with E-state index in [0.29, 0.717) is 12.8 Å². The van der Waals surface area contributed by atoms with Crippen LogP contribution in [0.2, 0.25) is 0 Å². The first-order valence-corrected chi connectivity index (χ1v) is 11.2. The Balaban J connectivity index is 2.60. The molecule has 10 heteroatoms. The van der Waals surface area contributed by atoms with Gasteiger partial charge in [-0.1, -0.05) is 80.4 Å². The fraction of sp³-hybridized carbons (Fsp3) is 0.346. The quantitative estimate of drug-likeness (QED) is 0.210. The minimum atomic E-state index is -3.97. The number of carbonyl (C=O) groups is 5. The molecule has 0 amide bonds. The van der Waals surface area contributed by atoms with Gasteiger partial charge in [0.2, 0.25) is 11.6 Å². The van der Waals surface area contributed by atoms with Crippen molar-refractivity contribution in [1.82, 2.24) is 0 Å². The molecule has 0 aliphatic rings. The van der Waals surface area contributed by atoms with Gasteiger partial charge in [-0.2, -0.15) is 0 Å². The van der Waals surface area contributed by atoms with Crippen LogP contribution in [0, 0.1) is 5.92 Å². The Kier molecular flexibility index (Phi) is 9.60. The highest BCUT2D eigenvalue weighted by Gasteiger charge is 2.70. The third-order valence-electron chi connectivity index (χ3n) is 5.71. The molecule has 10 nitrogen and oxygen atoms in total. The molecule has 36 heavy (non-hydrogen) atoms. The summed E-state index contributed by atoms with van der Waals surface area (Å²) in [6.45, 7) is 1.17. The molecule has 0 spiro atoms. The molecular weight excluding hydrogens is 472 g/mol. The highest BCUT2D eigenvalue weighted by molar-refractivity contribution is 6.28. The zero-order valence-corrected chi connectivity index (χ0v) is 19.9. The first kappa shape index (κ1) is 28.3. The van der Waals surface area contributed by atoms with Crippen LogP contribution in [0.25, 0.3) is 0 Å². The van der Waals surface area contributed by atoms with E-state index in [1.54, 1.807) is 0 Å². The van der Waals surface area contributed by atoms with E-state index in [1.165, 1.54) is 36.4 Å². The number of methoxy groups -OCH3 is 1. The molecule has 0 saturated carbocycles. The topological polar surface area (TPSA) is 164 Å². The van der Waals surface area contributed by atoms with Gasteiger partial charge in [0.15, 0.2) is 0 Å². The average molecular weight is 501 g/mol. The van der Waals surface area contributed by atoms with Crippen molar-refractivity contribution < 1.29 is 48.8 Å². The minimum absolute atomic E-state index is 0.230. The summed E-state index contributed by atoms with van der Waals surface area (Å²) >= 11 is 0. The number of hydrogen-bond acceptors (Lipinski definition) is 9. The van der Waals surface area contributed by atoms with Crippen molar-refractivity contribution in [1.29, 1.82) is 0 Å². The lowest BCUT2D eigenvalue weighted by molar-refractivity contribution is -0.192. The summed E-state index contributed by atoms with van der Waals surface area (Å²) in [5.74, 6) is -9.17. The zero-order chi connectivity index (χ0) is 26.9. The number of benzene rings is 2. The van der Waals surface area contributed by atoms with E-state index in [1.807, 2.05) is 6.92 Å². The monoisotopic (exact) mass is 500 g/mol. The van der Waals surface area contributed by atoms with Gasteiger partial charge in [-0.3, -0.25) is 14.4 Å². The summed E-state index contributed by atoms with van der Waals surface area (Å²) in [6.07, 6.45) is 1.48. The van der Waals surface area contributed by atoms with Gasteiger partial charge >= 0.3 is 17.9 Å². The number of Topliss-reactive ketones (excluding diaryl/α,β-unsaturated/α-hetero) is 2. The Morgan fingerprint density at radius 1 is 0.833 bits per heavy atom. The Hall–Kier alpha value is -3.89. The van der Waals surface area contributed by atoms with E-state index in [9.17, 15) is 39.3 Å². The molecule has 0 heterocycles. The van der Waals surface area contributed by atoms with Gasteiger partial charge in [0, 0.05) is 11.1 Å². The second-order valence-electron chi connectivity index (χ2n) is 8.08. The number of unbranched alkanes of at least 4 members (excludes halogenated alkanes) is 1. The first-order chi connectivity index (χ1) is 17.0. The van der Waals surface area contributed by atoms with Gasteiger partial charge in [0.25, 0.3) is 11.2 Å². The van der Waals surface area contributed by atoms with E-state index in [4.69, 9.17) is 4.74 Å². The molecule has 0 aromatic heterocycles. The second-order valence-corrected chi connectivity index (χ2v) is 8.08. The standard InChI is InChI=1S/C26H28O10/c1-3-4-11-19(22(29)35-2)16-36-24(32)26(34,21(28)18-14-9-6-10-15-18)25(33,23(30)31)20(27)17-12-7-5-8-13-17/h5-10,12-15,19,33-34H,3-4,11,16H2,1-2H3,(H,30,31). The molecule has 0 bridgehead atoms. The number of aliphatic carboxylic acids is 1. The van der Waals surface area contributed by atoms with Crippen LogP contribution in [0.3, 0.4) is 0 Å². The average Bonchev–Trinajstić information content (AvgIpc) is 2.91. The first-order valence-electron chi connectivity index (χ1n) is 11.2. The normalized spacial score (nSPS) is 15.0. The predicted octanol–water partition coefficient (Wildman–Crippen LogP) is 1.82. The number of ketones is 2. The summed E-state index contributed by atoms with van der Waals surface area (Å²) in [5.41, 5.74) is -8.63. The molecule has 2 aromatic rings. The highest BCUT2D eigenvalue weighted by Crippen LogP contribution is 2.33. The largest absolute Gasteiger partial charge is 0.479 e. The molecule has 192 valence electrons. The number of hydrogen-bond donors (Lipinski definition) is 3. The van der Waals surface area contributed by atoms with Crippen molar-refractivity contribution in [3.05, 3.63) is 71.8 Å².